The van der Waals surface area contributed by atoms with Crippen LogP contribution in [-0.4, -0.2) is 47.0 Å². The Balaban J connectivity index is 1.98. The molecule has 2 aliphatic rings. The van der Waals surface area contributed by atoms with Crippen molar-refractivity contribution < 1.29 is 9.90 Å². The van der Waals surface area contributed by atoms with Gasteiger partial charge in [0, 0.05) is 43.7 Å². The number of rotatable bonds is 10. The molecule has 1 heterocycles. The quantitative estimate of drug-likeness (QED) is 0.521. The summed E-state index contributed by atoms with van der Waals surface area (Å²) in [5.74, 6) is -0.289. The molecule has 1 atom stereocenters. The highest BCUT2D eigenvalue weighted by atomic mass is 16.3. The normalized spacial score (nSPS) is 16.5. The molecule has 1 aromatic rings. The lowest BCUT2D eigenvalue weighted by molar-refractivity contribution is -0.120. The minimum absolute atomic E-state index is 0.0436. The molecule has 0 amide bonds. The Morgan fingerprint density at radius 1 is 1.23 bits per heavy atom. The van der Waals surface area contributed by atoms with Crippen molar-refractivity contribution in [1.29, 1.82) is 0 Å². The fourth-order valence-electron chi connectivity index (χ4n) is 4.33. The Hall–Kier alpha value is -3.38. The molecule has 0 bridgehead atoms. The van der Waals surface area contributed by atoms with E-state index in [1.807, 2.05) is 27.1 Å². The van der Waals surface area contributed by atoms with E-state index in [2.05, 4.69) is 59.7 Å². The van der Waals surface area contributed by atoms with E-state index in [1.165, 1.54) is 17.8 Å². The fraction of sp³-hybridized carbons (Fsp3) is 0.379. The third-order valence-corrected chi connectivity index (χ3v) is 6.21. The van der Waals surface area contributed by atoms with Gasteiger partial charge in [0.15, 0.2) is 11.5 Å². The molecule has 3 rings (SSSR count). The summed E-state index contributed by atoms with van der Waals surface area (Å²) in [4.78, 5) is 27.5. The molecule has 0 saturated heterocycles. The molecule has 6 nitrogen and oxygen atoms in total. The summed E-state index contributed by atoms with van der Waals surface area (Å²) >= 11 is 0. The van der Waals surface area contributed by atoms with Crippen molar-refractivity contribution in [3.8, 4) is 5.75 Å². The van der Waals surface area contributed by atoms with Crippen LogP contribution >= 0.6 is 0 Å². The highest BCUT2D eigenvalue weighted by Crippen LogP contribution is 2.27. The maximum Gasteiger partial charge on any atom is 0.223 e. The summed E-state index contributed by atoms with van der Waals surface area (Å²) in [6.07, 6.45) is 21.4. The van der Waals surface area contributed by atoms with E-state index in [9.17, 15) is 14.7 Å². The first kappa shape index (κ1) is 26.2. The van der Waals surface area contributed by atoms with Gasteiger partial charge in [0.25, 0.3) is 0 Å². The predicted molar refractivity (Wildman–Crippen MR) is 143 cm³/mol. The SMILES string of the molecule is CCCC(NCC)C(=O)Cc1cc(=O)c(O)cn1C1=CCC=CC(C2=CC=CC(N(C)C)=CC2)=C1. The van der Waals surface area contributed by atoms with Gasteiger partial charge in [-0.3, -0.25) is 9.59 Å². The highest BCUT2D eigenvalue weighted by Gasteiger charge is 2.20. The zero-order valence-electron chi connectivity index (χ0n) is 21.3. The Morgan fingerprint density at radius 3 is 2.74 bits per heavy atom. The van der Waals surface area contributed by atoms with Crippen molar-refractivity contribution in [3.05, 3.63) is 93.6 Å². The Kier molecular flexibility index (Phi) is 9.26. The first-order valence-electron chi connectivity index (χ1n) is 12.4. The predicted octanol–water partition coefficient (Wildman–Crippen LogP) is 4.50. The van der Waals surface area contributed by atoms with Crippen LogP contribution in [0.4, 0.5) is 0 Å². The lowest BCUT2D eigenvalue weighted by Gasteiger charge is -2.19. The molecule has 2 aliphatic carbocycles. The van der Waals surface area contributed by atoms with Crippen LogP contribution in [0.1, 0.15) is 45.2 Å². The molecule has 186 valence electrons. The zero-order chi connectivity index (χ0) is 25.4. The minimum atomic E-state index is -0.478. The van der Waals surface area contributed by atoms with E-state index in [0.29, 0.717) is 18.7 Å². The van der Waals surface area contributed by atoms with Crippen molar-refractivity contribution in [3.63, 3.8) is 0 Å². The zero-order valence-corrected chi connectivity index (χ0v) is 21.3. The number of carbonyl (C=O) groups excluding carboxylic acids is 1. The molecule has 0 saturated carbocycles. The number of hydrogen-bond donors (Lipinski definition) is 2. The molecule has 0 radical (unpaired) electrons. The van der Waals surface area contributed by atoms with Crippen molar-refractivity contribution in [2.24, 2.45) is 0 Å². The summed E-state index contributed by atoms with van der Waals surface area (Å²) in [6, 6.07) is 1.13. The van der Waals surface area contributed by atoms with Crippen molar-refractivity contribution in [2.75, 3.05) is 20.6 Å². The molecule has 2 N–H and O–H groups in total. The first-order valence-corrected chi connectivity index (χ1v) is 12.4. The van der Waals surface area contributed by atoms with Crippen molar-refractivity contribution in [2.45, 2.75) is 52.0 Å². The van der Waals surface area contributed by atoms with Gasteiger partial charge < -0.3 is 19.9 Å². The van der Waals surface area contributed by atoms with E-state index in [0.717, 1.165) is 36.2 Å². The van der Waals surface area contributed by atoms with Crippen LogP contribution in [0.25, 0.3) is 5.70 Å². The summed E-state index contributed by atoms with van der Waals surface area (Å²) in [6.45, 7) is 4.74. The third kappa shape index (κ3) is 6.83. The van der Waals surface area contributed by atoms with Crippen molar-refractivity contribution >= 4 is 11.5 Å². The first-order chi connectivity index (χ1) is 16.8. The second-order valence-corrected chi connectivity index (χ2v) is 9.07. The van der Waals surface area contributed by atoms with E-state index < -0.39 is 5.43 Å². The van der Waals surface area contributed by atoms with E-state index in [1.54, 1.807) is 4.57 Å². The second kappa shape index (κ2) is 12.4. The summed E-state index contributed by atoms with van der Waals surface area (Å²) in [5, 5.41) is 13.5. The van der Waals surface area contributed by atoms with Gasteiger partial charge in [-0.2, -0.15) is 0 Å². The molecule has 0 fully saturated rings. The molecular formula is C29H37N3O3. The number of aromatic hydroxyl groups is 1. The largest absolute Gasteiger partial charge is 0.503 e. The number of nitrogens with one attached hydrogen (secondary N) is 1. The Labute approximate surface area is 208 Å². The van der Waals surface area contributed by atoms with Gasteiger partial charge >= 0.3 is 0 Å². The number of likely N-dealkylation sites (N-methyl/N-ethyl adjacent to an activating group) is 2. The van der Waals surface area contributed by atoms with Gasteiger partial charge in [0.1, 0.15) is 0 Å². The van der Waals surface area contributed by atoms with Crippen LogP contribution < -0.4 is 10.7 Å². The average molecular weight is 476 g/mol. The van der Waals surface area contributed by atoms with E-state index in [-0.39, 0.29) is 24.0 Å². The minimum Gasteiger partial charge on any atom is -0.503 e. The standard InChI is InChI=1S/C29H37N3O3/c1-5-10-26(30-6-2)27(33)18-25-19-28(34)29(35)20-32(25)24-13-8-7-11-22(17-24)21-12-9-14-23(16-15-21)31(3)4/h7,9,11-14,16-17,19-20,26,30,35H,5-6,8,10,15,18H2,1-4H3. The lowest BCUT2D eigenvalue weighted by atomic mass is 10.0. The van der Waals surface area contributed by atoms with Gasteiger partial charge in [0.05, 0.1) is 12.2 Å². The van der Waals surface area contributed by atoms with Crippen LogP contribution in [0.2, 0.25) is 0 Å². The highest BCUT2D eigenvalue weighted by molar-refractivity contribution is 5.86. The smallest absolute Gasteiger partial charge is 0.223 e. The molecular weight excluding hydrogens is 438 g/mol. The molecule has 6 heteroatoms. The number of ketones is 1. The van der Waals surface area contributed by atoms with Gasteiger partial charge in [-0.05, 0) is 49.1 Å². The van der Waals surface area contributed by atoms with Crippen LogP contribution in [0, 0.1) is 0 Å². The summed E-state index contributed by atoms with van der Waals surface area (Å²) in [5.41, 5.74) is 4.30. The van der Waals surface area contributed by atoms with Gasteiger partial charge in [-0.15, -0.1) is 0 Å². The van der Waals surface area contributed by atoms with Crippen LogP contribution in [-0.2, 0) is 11.2 Å². The molecule has 0 aromatic carbocycles. The lowest BCUT2D eigenvalue weighted by Crippen LogP contribution is -2.38. The molecule has 0 spiro atoms. The van der Waals surface area contributed by atoms with Gasteiger partial charge in [-0.25, -0.2) is 0 Å². The maximum absolute atomic E-state index is 13.1. The van der Waals surface area contributed by atoms with Gasteiger partial charge in [0.2, 0.25) is 5.43 Å². The summed E-state index contributed by atoms with van der Waals surface area (Å²) in [7, 11) is 4.05. The topological polar surface area (TPSA) is 74.6 Å². The number of pyridine rings is 1. The number of nitrogens with zero attached hydrogens (tertiary/aromatic N) is 2. The molecule has 1 unspecified atom stereocenters. The molecule has 35 heavy (non-hydrogen) atoms. The second-order valence-electron chi connectivity index (χ2n) is 9.07. The number of allylic oxidation sites excluding steroid dienone is 11. The van der Waals surface area contributed by atoms with E-state index >= 15 is 0 Å². The molecule has 0 aliphatic heterocycles. The van der Waals surface area contributed by atoms with Crippen molar-refractivity contribution in [1.82, 2.24) is 14.8 Å². The number of carbonyl (C=O) groups is 1. The molecule has 1 aromatic heterocycles. The fourth-order valence-corrected chi connectivity index (χ4v) is 4.33. The summed E-state index contributed by atoms with van der Waals surface area (Å²) < 4.78 is 1.78. The number of aromatic nitrogens is 1. The van der Waals surface area contributed by atoms with Crippen LogP contribution in [0.5, 0.6) is 5.75 Å². The number of hydrogen-bond acceptors (Lipinski definition) is 5. The number of Topliss-reactive ketones (excluding diaryl/α,β-unsaturated/α-hetero) is 1. The van der Waals surface area contributed by atoms with Gasteiger partial charge in [-0.1, -0.05) is 56.7 Å². The average Bonchev–Trinajstić information content (AvgIpc) is 3.22. The Bertz CT molecular complexity index is 1170. The monoisotopic (exact) mass is 475 g/mol. The third-order valence-electron chi connectivity index (χ3n) is 6.21. The Morgan fingerprint density at radius 2 is 2.03 bits per heavy atom. The van der Waals surface area contributed by atoms with E-state index in [4.69, 9.17) is 0 Å². The van der Waals surface area contributed by atoms with Crippen LogP contribution in [0.3, 0.4) is 0 Å². The maximum atomic E-state index is 13.1. The van der Waals surface area contributed by atoms with Crippen LogP contribution in [0.15, 0.2) is 82.5 Å².